The van der Waals surface area contributed by atoms with E-state index in [1.165, 1.54) is 6.07 Å². The van der Waals surface area contributed by atoms with Crippen LogP contribution in [0.25, 0.3) is 22.6 Å². The molecule has 0 saturated heterocycles. The Morgan fingerprint density at radius 1 is 0.906 bits per heavy atom. The summed E-state index contributed by atoms with van der Waals surface area (Å²) in [4.78, 5) is 21.4. The molecule has 0 fully saturated rings. The van der Waals surface area contributed by atoms with Crippen molar-refractivity contribution >= 4 is 17.0 Å². The molecule has 0 bridgehead atoms. The molecule has 32 heavy (non-hydrogen) atoms. The molecule has 4 aromatic heterocycles. The molecule has 9 heteroatoms. The highest BCUT2D eigenvalue weighted by Crippen LogP contribution is 2.28. The molecule has 0 unspecified atom stereocenters. The van der Waals surface area contributed by atoms with Crippen molar-refractivity contribution in [3.8, 4) is 17.4 Å². The van der Waals surface area contributed by atoms with E-state index in [1.54, 1.807) is 18.6 Å². The van der Waals surface area contributed by atoms with Gasteiger partial charge in [-0.05, 0) is 29.3 Å². The SMILES string of the molecule is Nc1nc(OCc2ccncc2)nc2c1nc(-c1cncc(F)c1)n2Cc1ccccc1. The number of aromatic nitrogens is 6. The molecule has 0 amide bonds. The Labute approximate surface area is 182 Å². The Kier molecular flexibility index (Phi) is 5.12. The van der Waals surface area contributed by atoms with Crippen molar-refractivity contribution in [2.45, 2.75) is 13.2 Å². The van der Waals surface area contributed by atoms with Crippen LogP contribution in [0.15, 0.2) is 73.3 Å². The number of imidazole rings is 1. The van der Waals surface area contributed by atoms with Crippen molar-refractivity contribution in [2.75, 3.05) is 5.73 Å². The molecule has 4 heterocycles. The van der Waals surface area contributed by atoms with E-state index in [0.717, 1.165) is 17.3 Å². The molecule has 0 saturated carbocycles. The zero-order valence-corrected chi connectivity index (χ0v) is 16.9. The summed E-state index contributed by atoms with van der Waals surface area (Å²) in [6.45, 7) is 0.713. The summed E-state index contributed by atoms with van der Waals surface area (Å²) in [5, 5.41) is 0. The number of hydrogen-bond acceptors (Lipinski definition) is 7. The highest BCUT2D eigenvalue weighted by atomic mass is 19.1. The lowest BCUT2D eigenvalue weighted by atomic mass is 10.2. The van der Waals surface area contributed by atoms with Gasteiger partial charge in [-0.2, -0.15) is 9.97 Å². The van der Waals surface area contributed by atoms with Crippen molar-refractivity contribution in [3.63, 3.8) is 0 Å². The fourth-order valence-electron chi connectivity index (χ4n) is 3.36. The normalized spacial score (nSPS) is 11.0. The monoisotopic (exact) mass is 427 g/mol. The van der Waals surface area contributed by atoms with Crippen LogP contribution in [-0.2, 0) is 13.2 Å². The molecule has 5 rings (SSSR count). The van der Waals surface area contributed by atoms with E-state index in [1.807, 2.05) is 47.0 Å². The molecular weight excluding hydrogens is 409 g/mol. The van der Waals surface area contributed by atoms with E-state index in [0.29, 0.717) is 29.1 Å². The first-order valence-corrected chi connectivity index (χ1v) is 9.87. The third-order valence-corrected chi connectivity index (χ3v) is 4.86. The second-order valence-corrected chi connectivity index (χ2v) is 7.11. The van der Waals surface area contributed by atoms with E-state index in [-0.39, 0.29) is 18.4 Å². The number of fused-ring (bicyclic) bond motifs is 1. The number of halogens is 1. The van der Waals surface area contributed by atoms with Gasteiger partial charge in [0.1, 0.15) is 18.2 Å². The first kappa shape index (κ1) is 19.6. The summed E-state index contributed by atoms with van der Waals surface area (Å²) in [6.07, 6.45) is 6.07. The van der Waals surface area contributed by atoms with Crippen molar-refractivity contribution in [1.29, 1.82) is 0 Å². The number of nitrogens with zero attached hydrogens (tertiary/aromatic N) is 6. The van der Waals surface area contributed by atoms with Crippen LogP contribution in [0.5, 0.6) is 6.01 Å². The average molecular weight is 427 g/mol. The summed E-state index contributed by atoms with van der Waals surface area (Å²) in [5.74, 6) is 0.210. The Morgan fingerprint density at radius 3 is 2.50 bits per heavy atom. The molecule has 158 valence electrons. The lowest BCUT2D eigenvalue weighted by Crippen LogP contribution is -2.06. The lowest BCUT2D eigenvalue weighted by Gasteiger charge is -2.10. The van der Waals surface area contributed by atoms with Gasteiger partial charge in [0.15, 0.2) is 17.0 Å². The number of anilines is 1. The zero-order chi connectivity index (χ0) is 21.9. The minimum absolute atomic E-state index is 0.130. The van der Waals surface area contributed by atoms with Gasteiger partial charge in [0.25, 0.3) is 0 Å². The largest absolute Gasteiger partial charge is 0.458 e. The number of pyridine rings is 2. The smallest absolute Gasteiger partial charge is 0.320 e. The zero-order valence-electron chi connectivity index (χ0n) is 16.9. The van der Waals surface area contributed by atoms with E-state index >= 15 is 0 Å². The maximum atomic E-state index is 13.9. The molecule has 0 aliphatic carbocycles. The summed E-state index contributed by atoms with van der Waals surface area (Å²) in [7, 11) is 0. The summed E-state index contributed by atoms with van der Waals surface area (Å²) in [5.41, 5.74) is 9.56. The maximum absolute atomic E-state index is 13.9. The predicted octanol–water partition coefficient (Wildman–Crippen LogP) is 3.63. The van der Waals surface area contributed by atoms with Crippen molar-refractivity contribution in [1.82, 2.24) is 29.5 Å². The molecular formula is C23H18FN7O. The van der Waals surface area contributed by atoms with Gasteiger partial charge in [0, 0.05) is 24.2 Å². The van der Waals surface area contributed by atoms with Crippen LogP contribution in [0.4, 0.5) is 10.2 Å². The van der Waals surface area contributed by atoms with Crippen molar-refractivity contribution in [2.24, 2.45) is 0 Å². The number of rotatable bonds is 6. The van der Waals surface area contributed by atoms with Crippen LogP contribution in [0.2, 0.25) is 0 Å². The van der Waals surface area contributed by atoms with E-state index in [2.05, 4.69) is 24.9 Å². The molecule has 1 aromatic carbocycles. The van der Waals surface area contributed by atoms with Crippen LogP contribution < -0.4 is 10.5 Å². The van der Waals surface area contributed by atoms with Crippen molar-refractivity contribution < 1.29 is 9.13 Å². The predicted molar refractivity (Wildman–Crippen MR) is 117 cm³/mol. The molecule has 0 radical (unpaired) electrons. The minimum Gasteiger partial charge on any atom is -0.458 e. The van der Waals surface area contributed by atoms with Gasteiger partial charge >= 0.3 is 6.01 Å². The van der Waals surface area contributed by atoms with Crippen LogP contribution in [0.1, 0.15) is 11.1 Å². The molecule has 2 N–H and O–H groups in total. The molecule has 8 nitrogen and oxygen atoms in total. The second kappa shape index (κ2) is 8.38. The summed E-state index contributed by atoms with van der Waals surface area (Å²) >= 11 is 0. The Morgan fingerprint density at radius 2 is 1.72 bits per heavy atom. The Balaban J connectivity index is 1.61. The highest BCUT2D eigenvalue weighted by molar-refractivity contribution is 5.85. The van der Waals surface area contributed by atoms with Gasteiger partial charge in [0.2, 0.25) is 0 Å². The standard InChI is InChI=1S/C23H18FN7O/c24-18-10-17(11-27-12-18)21-28-19-20(25)29-23(32-14-16-6-8-26-9-7-16)30-22(19)31(21)13-15-4-2-1-3-5-15/h1-12H,13-14H2,(H2,25,29,30). The summed E-state index contributed by atoms with van der Waals surface area (Å²) < 4.78 is 21.5. The van der Waals surface area contributed by atoms with Gasteiger partial charge in [0.05, 0.1) is 12.7 Å². The van der Waals surface area contributed by atoms with Gasteiger partial charge in [-0.15, -0.1) is 0 Å². The Hall–Kier alpha value is -4.40. The number of ether oxygens (including phenoxy) is 1. The van der Waals surface area contributed by atoms with Crippen molar-refractivity contribution in [3.05, 3.63) is 90.3 Å². The fraction of sp³-hybridized carbons (Fsp3) is 0.0870. The van der Waals surface area contributed by atoms with E-state index in [9.17, 15) is 4.39 Å². The maximum Gasteiger partial charge on any atom is 0.320 e. The highest BCUT2D eigenvalue weighted by Gasteiger charge is 2.19. The quantitative estimate of drug-likeness (QED) is 0.441. The second-order valence-electron chi connectivity index (χ2n) is 7.11. The third-order valence-electron chi connectivity index (χ3n) is 4.86. The Bertz CT molecular complexity index is 1370. The van der Waals surface area contributed by atoms with Gasteiger partial charge in [-0.1, -0.05) is 30.3 Å². The topological polar surface area (TPSA) is 105 Å². The van der Waals surface area contributed by atoms with E-state index in [4.69, 9.17) is 10.5 Å². The number of benzene rings is 1. The van der Waals surface area contributed by atoms with Gasteiger partial charge in [-0.3, -0.25) is 9.97 Å². The third kappa shape index (κ3) is 3.95. The minimum atomic E-state index is -0.457. The number of hydrogen-bond donors (Lipinski definition) is 1. The first-order chi connectivity index (χ1) is 15.7. The first-order valence-electron chi connectivity index (χ1n) is 9.87. The average Bonchev–Trinajstić information content (AvgIpc) is 3.18. The molecule has 0 aliphatic rings. The fourth-order valence-corrected chi connectivity index (χ4v) is 3.36. The number of nitrogen functional groups attached to an aromatic ring is 1. The van der Waals surface area contributed by atoms with Crippen LogP contribution in [0.3, 0.4) is 0 Å². The molecule has 0 atom stereocenters. The molecule has 0 aliphatic heterocycles. The van der Waals surface area contributed by atoms with Crippen LogP contribution >= 0.6 is 0 Å². The van der Waals surface area contributed by atoms with Gasteiger partial charge < -0.3 is 15.0 Å². The number of nitrogens with two attached hydrogens (primary N) is 1. The van der Waals surface area contributed by atoms with Crippen LogP contribution in [0, 0.1) is 5.82 Å². The van der Waals surface area contributed by atoms with Crippen LogP contribution in [-0.4, -0.2) is 29.5 Å². The molecule has 0 spiro atoms. The summed E-state index contributed by atoms with van der Waals surface area (Å²) in [6, 6.07) is 15.0. The van der Waals surface area contributed by atoms with Gasteiger partial charge in [-0.25, -0.2) is 9.37 Å². The molecule has 5 aromatic rings. The van der Waals surface area contributed by atoms with E-state index < -0.39 is 5.82 Å². The lowest BCUT2D eigenvalue weighted by molar-refractivity contribution is 0.282.